The topological polar surface area (TPSA) is 0 Å². The van der Waals surface area contributed by atoms with Crippen molar-refractivity contribution in [2.45, 2.75) is 4.21 Å². The Balaban J connectivity index is 2.08. The van der Waals surface area contributed by atoms with Gasteiger partial charge in [-0.1, -0.05) is 36.4 Å². The van der Waals surface area contributed by atoms with Gasteiger partial charge >= 0.3 is 0 Å². The molecule has 1 aromatic heterocycles. The van der Waals surface area contributed by atoms with Crippen LogP contribution in [0.25, 0.3) is 6.08 Å². The van der Waals surface area contributed by atoms with Crippen molar-refractivity contribution >= 4 is 29.2 Å². The van der Waals surface area contributed by atoms with E-state index in [1.807, 2.05) is 47.8 Å². The summed E-state index contributed by atoms with van der Waals surface area (Å²) in [5, 5.41) is 1.77. The standard InChI is InChI=1S/C12H9FS2/c13-11(15-12-7-4-8-14-12)9-10-5-2-1-3-6-10/h1-9H. The first kappa shape index (κ1) is 10.5. The summed E-state index contributed by atoms with van der Waals surface area (Å²) in [6.45, 7) is 0. The quantitative estimate of drug-likeness (QED) is 0.689. The number of hydrogen-bond acceptors (Lipinski definition) is 2. The summed E-state index contributed by atoms with van der Waals surface area (Å²) in [4.78, 5) is 0. The molecule has 0 aliphatic carbocycles. The highest BCUT2D eigenvalue weighted by atomic mass is 32.2. The molecular formula is C12H9FS2. The SMILES string of the molecule is FC(=Cc1ccccc1)Sc1cccs1. The van der Waals surface area contributed by atoms with Gasteiger partial charge in [-0.3, -0.25) is 0 Å². The molecule has 0 spiro atoms. The molecule has 1 aromatic carbocycles. The summed E-state index contributed by atoms with van der Waals surface area (Å²) in [6.07, 6.45) is 1.55. The minimum Gasteiger partial charge on any atom is -0.199 e. The van der Waals surface area contributed by atoms with Crippen molar-refractivity contribution in [3.05, 3.63) is 58.6 Å². The highest BCUT2D eigenvalue weighted by molar-refractivity contribution is 8.04. The molecule has 0 bridgehead atoms. The largest absolute Gasteiger partial charge is 0.199 e. The van der Waals surface area contributed by atoms with E-state index < -0.39 is 0 Å². The summed E-state index contributed by atoms with van der Waals surface area (Å²) >= 11 is 2.70. The highest BCUT2D eigenvalue weighted by Gasteiger charge is 2.00. The van der Waals surface area contributed by atoms with Crippen LogP contribution in [0.2, 0.25) is 0 Å². The van der Waals surface area contributed by atoms with Crippen molar-refractivity contribution in [2.75, 3.05) is 0 Å². The first-order valence-electron chi connectivity index (χ1n) is 4.48. The third-order valence-electron chi connectivity index (χ3n) is 1.77. The molecule has 2 aromatic rings. The van der Waals surface area contributed by atoms with Gasteiger partial charge in [-0.05, 0) is 34.8 Å². The predicted molar refractivity (Wildman–Crippen MR) is 65.7 cm³/mol. The van der Waals surface area contributed by atoms with Gasteiger partial charge in [-0.2, -0.15) is 4.39 Å². The van der Waals surface area contributed by atoms with E-state index in [9.17, 15) is 4.39 Å². The maximum Gasteiger partial charge on any atom is 0.162 e. The fourth-order valence-electron chi connectivity index (χ4n) is 1.13. The molecule has 0 saturated heterocycles. The zero-order valence-corrected chi connectivity index (χ0v) is 9.52. The van der Waals surface area contributed by atoms with Crippen molar-refractivity contribution in [1.29, 1.82) is 0 Å². The smallest absolute Gasteiger partial charge is 0.162 e. The third kappa shape index (κ3) is 3.22. The zero-order chi connectivity index (χ0) is 10.5. The second-order valence-electron chi connectivity index (χ2n) is 2.89. The van der Waals surface area contributed by atoms with Gasteiger partial charge in [0.15, 0.2) is 5.16 Å². The Kier molecular flexibility index (Phi) is 3.59. The second-order valence-corrected chi connectivity index (χ2v) is 5.13. The Morgan fingerprint density at radius 2 is 1.93 bits per heavy atom. The molecule has 3 heteroatoms. The maximum atomic E-state index is 13.5. The fraction of sp³-hybridized carbons (Fsp3) is 0. The Hall–Kier alpha value is -1.06. The molecule has 0 saturated carbocycles. The summed E-state index contributed by atoms with van der Waals surface area (Å²) in [7, 11) is 0. The lowest BCUT2D eigenvalue weighted by molar-refractivity contribution is 0.706. The summed E-state index contributed by atoms with van der Waals surface area (Å²) in [6, 6.07) is 13.3. The van der Waals surface area contributed by atoms with Gasteiger partial charge in [0.25, 0.3) is 0 Å². The number of benzene rings is 1. The van der Waals surface area contributed by atoms with Crippen LogP contribution in [-0.2, 0) is 0 Å². The number of thiophene rings is 1. The Labute approximate surface area is 96.5 Å². The van der Waals surface area contributed by atoms with Crippen molar-refractivity contribution in [3.63, 3.8) is 0 Å². The highest BCUT2D eigenvalue weighted by Crippen LogP contribution is 2.32. The first-order chi connectivity index (χ1) is 7.34. The van der Waals surface area contributed by atoms with Crippen LogP contribution in [0.1, 0.15) is 5.56 Å². The Bertz CT molecular complexity index is 432. The van der Waals surface area contributed by atoms with Crippen LogP contribution in [0.5, 0.6) is 0 Å². The zero-order valence-electron chi connectivity index (χ0n) is 7.89. The van der Waals surface area contributed by atoms with Gasteiger partial charge in [0, 0.05) is 0 Å². The lowest BCUT2D eigenvalue weighted by Crippen LogP contribution is -1.70. The number of hydrogen-bond donors (Lipinski definition) is 0. The van der Waals surface area contributed by atoms with Crippen molar-refractivity contribution in [2.24, 2.45) is 0 Å². The molecule has 76 valence electrons. The van der Waals surface area contributed by atoms with Gasteiger partial charge in [-0.15, -0.1) is 11.3 Å². The molecular weight excluding hydrogens is 227 g/mol. The summed E-state index contributed by atoms with van der Waals surface area (Å²) < 4.78 is 14.5. The van der Waals surface area contributed by atoms with E-state index in [0.717, 1.165) is 21.5 Å². The Morgan fingerprint density at radius 3 is 2.60 bits per heavy atom. The van der Waals surface area contributed by atoms with Gasteiger partial charge < -0.3 is 0 Å². The molecule has 0 fully saturated rings. The van der Waals surface area contributed by atoms with Gasteiger partial charge in [0.2, 0.25) is 0 Å². The average Bonchev–Trinajstić information content (AvgIpc) is 2.71. The van der Waals surface area contributed by atoms with E-state index in [0.29, 0.717) is 0 Å². The summed E-state index contributed by atoms with van der Waals surface area (Å²) in [5.74, 6) is 0. The molecule has 15 heavy (non-hydrogen) atoms. The van der Waals surface area contributed by atoms with E-state index in [2.05, 4.69) is 0 Å². The van der Waals surface area contributed by atoms with E-state index in [1.54, 1.807) is 17.4 Å². The molecule has 0 radical (unpaired) electrons. The van der Waals surface area contributed by atoms with Gasteiger partial charge in [0.1, 0.15) is 0 Å². The van der Waals surface area contributed by atoms with Crippen LogP contribution in [0.3, 0.4) is 0 Å². The average molecular weight is 236 g/mol. The minimum absolute atomic E-state index is 0.177. The minimum atomic E-state index is -0.177. The van der Waals surface area contributed by atoms with Crippen LogP contribution >= 0.6 is 23.1 Å². The van der Waals surface area contributed by atoms with Gasteiger partial charge in [0.05, 0.1) is 4.21 Å². The normalized spacial score (nSPS) is 11.7. The fourth-order valence-corrected chi connectivity index (χ4v) is 2.71. The van der Waals surface area contributed by atoms with E-state index >= 15 is 0 Å². The molecule has 0 N–H and O–H groups in total. The number of halogens is 1. The van der Waals surface area contributed by atoms with E-state index in [4.69, 9.17) is 0 Å². The van der Waals surface area contributed by atoms with Crippen LogP contribution < -0.4 is 0 Å². The molecule has 2 rings (SSSR count). The molecule has 0 aliphatic rings. The van der Waals surface area contributed by atoms with Crippen LogP contribution in [0.15, 0.2) is 57.2 Å². The molecule has 1 heterocycles. The molecule has 0 aliphatic heterocycles. The molecule has 0 amide bonds. The van der Waals surface area contributed by atoms with Crippen molar-refractivity contribution in [1.82, 2.24) is 0 Å². The van der Waals surface area contributed by atoms with E-state index in [1.165, 1.54) is 0 Å². The predicted octanol–water partition coefficient (Wildman–Crippen LogP) is 4.81. The molecule has 0 unspecified atom stereocenters. The van der Waals surface area contributed by atoms with Crippen LogP contribution in [0, 0.1) is 0 Å². The lowest BCUT2D eigenvalue weighted by atomic mass is 10.2. The van der Waals surface area contributed by atoms with Crippen molar-refractivity contribution < 1.29 is 4.39 Å². The Morgan fingerprint density at radius 1 is 1.13 bits per heavy atom. The van der Waals surface area contributed by atoms with Crippen LogP contribution in [-0.4, -0.2) is 0 Å². The first-order valence-corrected chi connectivity index (χ1v) is 6.18. The maximum absolute atomic E-state index is 13.5. The van der Waals surface area contributed by atoms with Crippen molar-refractivity contribution in [3.8, 4) is 0 Å². The lowest BCUT2D eigenvalue weighted by Gasteiger charge is -1.95. The van der Waals surface area contributed by atoms with Gasteiger partial charge in [-0.25, -0.2) is 0 Å². The second kappa shape index (κ2) is 5.14. The monoisotopic (exact) mass is 236 g/mol. The number of thioether (sulfide) groups is 1. The molecule has 0 atom stereocenters. The number of rotatable bonds is 3. The van der Waals surface area contributed by atoms with Crippen LogP contribution in [0.4, 0.5) is 4.39 Å². The third-order valence-corrected chi connectivity index (χ3v) is 3.62. The molecule has 0 nitrogen and oxygen atoms in total. The van der Waals surface area contributed by atoms with E-state index in [-0.39, 0.29) is 5.16 Å². The summed E-state index contributed by atoms with van der Waals surface area (Å²) in [5.41, 5.74) is 0.888.